The van der Waals surface area contributed by atoms with Gasteiger partial charge >= 0.3 is 0 Å². The molecule has 1 aromatic rings. The Morgan fingerprint density at radius 2 is 2.07 bits per heavy atom. The van der Waals surface area contributed by atoms with E-state index in [1.807, 2.05) is 6.07 Å². The van der Waals surface area contributed by atoms with Crippen molar-refractivity contribution in [3.05, 3.63) is 35.4 Å². The lowest BCUT2D eigenvalue weighted by Gasteiger charge is -2.25. The van der Waals surface area contributed by atoms with Crippen molar-refractivity contribution in [2.24, 2.45) is 5.92 Å². The minimum Gasteiger partial charge on any atom is -0.385 e. The van der Waals surface area contributed by atoms with Crippen LogP contribution in [0.25, 0.3) is 0 Å². The molecule has 1 aliphatic rings. The van der Waals surface area contributed by atoms with E-state index < -0.39 is 5.60 Å². The van der Waals surface area contributed by atoms with Gasteiger partial charge in [0.1, 0.15) is 0 Å². The van der Waals surface area contributed by atoms with Crippen LogP contribution in [-0.4, -0.2) is 5.11 Å². The fourth-order valence-electron chi connectivity index (χ4n) is 2.56. The van der Waals surface area contributed by atoms with E-state index in [2.05, 4.69) is 32.0 Å². The molecule has 1 N–H and O–H groups in total. The van der Waals surface area contributed by atoms with E-state index in [4.69, 9.17) is 0 Å². The van der Waals surface area contributed by atoms with E-state index >= 15 is 0 Å². The Bertz CT molecular complexity index is 330. The first-order chi connectivity index (χ1) is 6.62. The molecule has 0 bridgehead atoms. The quantitative estimate of drug-likeness (QED) is 0.760. The third kappa shape index (κ3) is 1.57. The fourth-order valence-corrected chi connectivity index (χ4v) is 2.56. The van der Waals surface area contributed by atoms with Gasteiger partial charge < -0.3 is 5.11 Å². The predicted molar refractivity (Wildman–Crippen MR) is 58.1 cm³/mol. The van der Waals surface area contributed by atoms with Crippen LogP contribution in [0.2, 0.25) is 0 Å². The van der Waals surface area contributed by atoms with Gasteiger partial charge in [0.25, 0.3) is 0 Å². The molecule has 1 aromatic carbocycles. The molecule has 76 valence electrons. The standard InChI is InChI=1S/C13H18O/c1-10(2)9-13(14)8-7-11-5-3-4-6-12(11)13/h3-6,10,14H,7-9H2,1-2H3/t13-/m0/s1. The van der Waals surface area contributed by atoms with Crippen molar-refractivity contribution in [2.45, 2.75) is 38.7 Å². The molecule has 0 spiro atoms. The lowest BCUT2D eigenvalue weighted by molar-refractivity contribution is 0.0173. The molecule has 0 saturated heterocycles. The average molecular weight is 190 g/mol. The topological polar surface area (TPSA) is 20.2 Å². The van der Waals surface area contributed by atoms with Crippen LogP contribution in [0.5, 0.6) is 0 Å². The highest BCUT2D eigenvalue weighted by Crippen LogP contribution is 2.40. The number of aryl methyl sites for hydroxylation is 1. The zero-order valence-electron chi connectivity index (χ0n) is 8.96. The van der Waals surface area contributed by atoms with Gasteiger partial charge in [-0.1, -0.05) is 38.1 Å². The van der Waals surface area contributed by atoms with Crippen LogP contribution in [0, 0.1) is 5.92 Å². The van der Waals surface area contributed by atoms with Gasteiger partial charge in [0, 0.05) is 0 Å². The maximum absolute atomic E-state index is 10.5. The van der Waals surface area contributed by atoms with Gasteiger partial charge in [0.15, 0.2) is 0 Å². The highest BCUT2D eigenvalue weighted by Gasteiger charge is 2.36. The Morgan fingerprint density at radius 1 is 1.36 bits per heavy atom. The summed E-state index contributed by atoms with van der Waals surface area (Å²) < 4.78 is 0. The van der Waals surface area contributed by atoms with Crippen LogP contribution in [0.15, 0.2) is 24.3 Å². The van der Waals surface area contributed by atoms with E-state index in [1.165, 1.54) is 5.56 Å². The number of hydrogen-bond donors (Lipinski definition) is 1. The summed E-state index contributed by atoms with van der Waals surface area (Å²) in [5.41, 5.74) is 1.94. The number of rotatable bonds is 2. The Balaban J connectivity index is 2.32. The van der Waals surface area contributed by atoms with E-state index in [-0.39, 0.29) is 0 Å². The number of aliphatic hydroxyl groups is 1. The summed E-state index contributed by atoms with van der Waals surface area (Å²) in [6.45, 7) is 4.33. The molecule has 14 heavy (non-hydrogen) atoms. The molecule has 1 aliphatic carbocycles. The van der Waals surface area contributed by atoms with Crippen molar-refractivity contribution in [2.75, 3.05) is 0 Å². The first-order valence-corrected chi connectivity index (χ1v) is 5.42. The summed E-state index contributed by atoms with van der Waals surface area (Å²) in [4.78, 5) is 0. The van der Waals surface area contributed by atoms with Crippen LogP contribution in [0.4, 0.5) is 0 Å². The molecule has 0 amide bonds. The van der Waals surface area contributed by atoms with E-state index in [0.717, 1.165) is 24.8 Å². The molecular formula is C13H18O. The maximum atomic E-state index is 10.5. The Hall–Kier alpha value is -0.820. The van der Waals surface area contributed by atoms with Crippen LogP contribution in [0.3, 0.4) is 0 Å². The zero-order valence-corrected chi connectivity index (χ0v) is 8.96. The summed E-state index contributed by atoms with van der Waals surface area (Å²) in [7, 11) is 0. The smallest absolute Gasteiger partial charge is 0.0904 e. The normalized spacial score (nSPS) is 25.4. The maximum Gasteiger partial charge on any atom is 0.0904 e. The van der Waals surface area contributed by atoms with Crippen molar-refractivity contribution < 1.29 is 5.11 Å². The van der Waals surface area contributed by atoms with E-state index in [0.29, 0.717) is 5.92 Å². The molecule has 2 rings (SSSR count). The Labute approximate surface area is 85.8 Å². The molecule has 1 atom stereocenters. The Morgan fingerprint density at radius 3 is 2.79 bits per heavy atom. The molecule has 1 heteroatoms. The van der Waals surface area contributed by atoms with Gasteiger partial charge in [-0.05, 0) is 36.3 Å². The number of hydrogen-bond acceptors (Lipinski definition) is 1. The molecule has 0 aromatic heterocycles. The van der Waals surface area contributed by atoms with Gasteiger partial charge in [-0.2, -0.15) is 0 Å². The highest BCUT2D eigenvalue weighted by molar-refractivity contribution is 5.36. The fraction of sp³-hybridized carbons (Fsp3) is 0.538. The van der Waals surface area contributed by atoms with Gasteiger partial charge in [0.2, 0.25) is 0 Å². The largest absolute Gasteiger partial charge is 0.385 e. The summed E-state index contributed by atoms with van der Waals surface area (Å²) >= 11 is 0. The molecule has 0 radical (unpaired) electrons. The highest BCUT2D eigenvalue weighted by atomic mass is 16.3. The SMILES string of the molecule is CC(C)C[C@@]1(O)CCc2ccccc21. The second-order valence-corrected chi connectivity index (χ2v) is 4.79. The lowest BCUT2D eigenvalue weighted by atomic mass is 9.87. The summed E-state index contributed by atoms with van der Waals surface area (Å²) in [5.74, 6) is 0.547. The third-order valence-electron chi connectivity index (χ3n) is 3.07. The van der Waals surface area contributed by atoms with Gasteiger partial charge in [-0.25, -0.2) is 0 Å². The monoisotopic (exact) mass is 190 g/mol. The Kier molecular flexibility index (Phi) is 2.36. The first kappa shape index (κ1) is 9.72. The summed E-state index contributed by atoms with van der Waals surface area (Å²) in [6, 6.07) is 8.29. The van der Waals surface area contributed by atoms with Crippen LogP contribution in [-0.2, 0) is 12.0 Å². The molecule has 1 nitrogen and oxygen atoms in total. The van der Waals surface area contributed by atoms with Crippen LogP contribution in [0.1, 0.15) is 37.8 Å². The van der Waals surface area contributed by atoms with E-state index in [9.17, 15) is 5.11 Å². The second-order valence-electron chi connectivity index (χ2n) is 4.79. The number of fused-ring (bicyclic) bond motifs is 1. The van der Waals surface area contributed by atoms with Crippen molar-refractivity contribution in [3.8, 4) is 0 Å². The van der Waals surface area contributed by atoms with Crippen molar-refractivity contribution in [1.29, 1.82) is 0 Å². The summed E-state index contributed by atoms with van der Waals surface area (Å²) in [6.07, 6.45) is 2.80. The minimum atomic E-state index is -0.551. The lowest BCUT2D eigenvalue weighted by Crippen LogP contribution is -2.24. The van der Waals surface area contributed by atoms with Gasteiger partial charge in [-0.15, -0.1) is 0 Å². The third-order valence-corrected chi connectivity index (χ3v) is 3.07. The van der Waals surface area contributed by atoms with E-state index in [1.54, 1.807) is 0 Å². The van der Waals surface area contributed by atoms with Crippen LogP contribution >= 0.6 is 0 Å². The number of benzene rings is 1. The summed E-state index contributed by atoms with van der Waals surface area (Å²) in [5, 5.41) is 10.5. The van der Waals surface area contributed by atoms with Gasteiger partial charge in [0.05, 0.1) is 5.60 Å². The molecule has 0 aliphatic heterocycles. The van der Waals surface area contributed by atoms with Crippen molar-refractivity contribution >= 4 is 0 Å². The average Bonchev–Trinajstić information content (AvgIpc) is 2.44. The molecule has 0 fully saturated rings. The first-order valence-electron chi connectivity index (χ1n) is 5.42. The minimum absolute atomic E-state index is 0.547. The molecule has 0 unspecified atom stereocenters. The molecule has 0 saturated carbocycles. The molecular weight excluding hydrogens is 172 g/mol. The van der Waals surface area contributed by atoms with Gasteiger partial charge in [-0.3, -0.25) is 0 Å². The second kappa shape index (κ2) is 3.39. The van der Waals surface area contributed by atoms with Crippen molar-refractivity contribution in [3.63, 3.8) is 0 Å². The molecule has 0 heterocycles. The van der Waals surface area contributed by atoms with Crippen molar-refractivity contribution in [1.82, 2.24) is 0 Å². The predicted octanol–water partition coefficient (Wildman–Crippen LogP) is 2.87. The van der Waals surface area contributed by atoms with Crippen LogP contribution < -0.4 is 0 Å². The zero-order chi connectivity index (χ0) is 10.2.